The van der Waals surface area contributed by atoms with Crippen molar-refractivity contribution in [1.82, 2.24) is 9.97 Å². The molecule has 0 fully saturated rings. The van der Waals surface area contributed by atoms with Gasteiger partial charge in [-0.1, -0.05) is 0 Å². The first-order chi connectivity index (χ1) is 7.66. The summed E-state index contributed by atoms with van der Waals surface area (Å²) in [5.74, 6) is 0.106. The van der Waals surface area contributed by atoms with Crippen LogP contribution in [0.15, 0.2) is 23.8 Å². The van der Waals surface area contributed by atoms with Crippen molar-refractivity contribution in [3.05, 3.63) is 45.7 Å². The molecule has 0 N–H and O–H groups in total. The fraction of sp³-hybridized carbons (Fsp3) is 0.250. The van der Waals surface area contributed by atoms with Crippen LogP contribution in [-0.4, -0.2) is 15.8 Å². The Kier molecular flexibility index (Phi) is 3.10. The van der Waals surface area contributed by atoms with Crippen LogP contribution in [0, 0.1) is 13.8 Å². The largest absolute Gasteiger partial charge is 0.294 e. The summed E-state index contributed by atoms with van der Waals surface area (Å²) in [7, 11) is 0. The maximum atomic E-state index is 12.0. The lowest BCUT2D eigenvalue weighted by Gasteiger charge is -2.01. The second kappa shape index (κ2) is 4.53. The van der Waals surface area contributed by atoms with E-state index in [0.717, 1.165) is 21.8 Å². The molecule has 0 unspecified atom stereocenters. The van der Waals surface area contributed by atoms with E-state index in [1.165, 1.54) is 11.3 Å². The van der Waals surface area contributed by atoms with Crippen molar-refractivity contribution in [3.63, 3.8) is 0 Å². The van der Waals surface area contributed by atoms with Gasteiger partial charge in [0.25, 0.3) is 0 Å². The van der Waals surface area contributed by atoms with E-state index in [2.05, 4.69) is 9.97 Å². The zero-order valence-electron chi connectivity index (χ0n) is 9.23. The quantitative estimate of drug-likeness (QED) is 0.764. The van der Waals surface area contributed by atoms with Crippen LogP contribution in [0.4, 0.5) is 0 Å². The fourth-order valence-corrected chi connectivity index (χ4v) is 2.27. The van der Waals surface area contributed by atoms with Crippen LogP contribution in [0.25, 0.3) is 0 Å². The number of pyridine rings is 1. The molecule has 0 amide bonds. The Labute approximate surface area is 98.2 Å². The lowest BCUT2D eigenvalue weighted by atomic mass is 10.1. The van der Waals surface area contributed by atoms with Gasteiger partial charge in [-0.25, -0.2) is 4.98 Å². The predicted octanol–water partition coefficient (Wildman–Crippen LogP) is 2.58. The molecule has 0 aliphatic rings. The molecule has 82 valence electrons. The van der Waals surface area contributed by atoms with Crippen molar-refractivity contribution in [3.8, 4) is 0 Å². The van der Waals surface area contributed by atoms with E-state index in [1.807, 2.05) is 19.2 Å². The summed E-state index contributed by atoms with van der Waals surface area (Å²) in [4.78, 5) is 20.2. The number of aromatic nitrogens is 2. The van der Waals surface area contributed by atoms with Gasteiger partial charge in [0.1, 0.15) is 5.01 Å². The van der Waals surface area contributed by atoms with Crippen molar-refractivity contribution >= 4 is 17.1 Å². The zero-order valence-corrected chi connectivity index (χ0v) is 10.0. The smallest absolute Gasteiger partial charge is 0.170 e. The molecule has 0 aliphatic carbocycles. The predicted molar refractivity (Wildman–Crippen MR) is 63.9 cm³/mol. The molecule has 2 rings (SSSR count). The number of ketones is 1. The molecule has 0 spiro atoms. The van der Waals surface area contributed by atoms with Gasteiger partial charge in [0.05, 0.1) is 6.42 Å². The molecule has 0 saturated heterocycles. The standard InChI is InChI=1S/C12H12N2OS/c1-8-6-13-4-3-10(8)11(15)5-12-14-9(2)7-16-12/h3-4,6-7H,5H2,1-2H3. The summed E-state index contributed by atoms with van der Waals surface area (Å²) >= 11 is 1.53. The summed E-state index contributed by atoms with van der Waals surface area (Å²) in [5.41, 5.74) is 2.63. The number of rotatable bonds is 3. The monoisotopic (exact) mass is 232 g/mol. The molecule has 2 aromatic heterocycles. The molecule has 0 radical (unpaired) electrons. The van der Waals surface area contributed by atoms with Crippen molar-refractivity contribution in [1.29, 1.82) is 0 Å². The molecule has 2 aromatic rings. The van der Waals surface area contributed by atoms with Crippen molar-refractivity contribution < 1.29 is 4.79 Å². The third kappa shape index (κ3) is 2.33. The van der Waals surface area contributed by atoms with Gasteiger partial charge in [0, 0.05) is 29.0 Å². The third-order valence-corrected chi connectivity index (χ3v) is 3.27. The highest BCUT2D eigenvalue weighted by Gasteiger charge is 2.11. The first-order valence-electron chi connectivity index (χ1n) is 5.01. The van der Waals surface area contributed by atoms with Gasteiger partial charge in [0.15, 0.2) is 5.78 Å². The molecule has 4 heteroatoms. The molecular weight excluding hydrogens is 220 g/mol. The molecular formula is C12H12N2OS. The molecule has 0 bridgehead atoms. The van der Waals surface area contributed by atoms with E-state index >= 15 is 0 Å². The lowest BCUT2D eigenvalue weighted by molar-refractivity contribution is 0.0992. The van der Waals surface area contributed by atoms with Gasteiger partial charge in [-0.15, -0.1) is 11.3 Å². The van der Waals surface area contributed by atoms with Crippen LogP contribution < -0.4 is 0 Å². The number of carbonyl (C=O) groups excluding carboxylic acids is 1. The number of carbonyl (C=O) groups is 1. The Morgan fingerprint density at radius 1 is 1.44 bits per heavy atom. The Morgan fingerprint density at radius 3 is 2.88 bits per heavy atom. The van der Waals surface area contributed by atoms with Crippen LogP contribution >= 0.6 is 11.3 Å². The first-order valence-corrected chi connectivity index (χ1v) is 5.89. The highest BCUT2D eigenvalue weighted by Crippen LogP contribution is 2.14. The maximum absolute atomic E-state index is 12.0. The number of nitrogens with zero attached hydrogens (tertiary/aromatic N) is 2. The van der Waals surface area contributed by atoms with Gasteiger partial charge >= 0.3 is 0 Å². The number of thiazole rings is 1. The summed E-state index contributed by atoms with van der Waals surface area (Å²) < 4.78 is 0. The highest BCUT2D eigenvalue weighted by molar-refractivity contribution is 7.09. The average Bonchev–Trinajstić information content (AvgIpc) is 2.64. The molecule has 3 nitrogen and oxygen atoms in total. The van der Waals surface area contributed by atoms with E-state index in [-0.39, 0.29) is 5.78 Å². The summed E-state index contributed by atoms with van der Waals surface area (Å²) in [6.45, 7) is 3.83. The van der Waals surface area contributed by atoms with Gasteiger partial charge in [0.2, 0.25) is 0 Å². The van der Waals surface area contributed by atoms with Gasteiger partial charge in [-0.2, -0.15) is 0 Å². The summed E-state index contributed by atoms with van der Waals surface area (Å²) in [6, 6.07) is 1.76. The van der Waals surface area contributed by atoms with E-state index < -0.39 is 0 Å². The minimum atomic E-state index is 0.106. The van der Waals surface area contributed by atoms with Gasteiger partial charge in [-0.05, 0) is 25.5 Å². The average molecular weight is 232 g/mol. The minimum Gasteiger partial charge on any atom is -0.294 e. The minimum absolute atomic E-state index is 0.106. The highest BCUT2D eigenvalue weighted by atomic mass is 32.1. The van der Waals surface area contributed by atoms with Crippen LogP contribution in [0.5, 0.6) is 0 Å². The molecule has 0 atom stereocenters. The number of hydrogen-bond acceptors (Lipinski definition) is 4. The van der Waals surface area contributed by atoms with E-state index in [1.54, 1.807) is 18.5 Å². The second-order valence-corrected chi connectivity index (χ2v) is 4.62. The maximum Gasteiger partial charge on any atom is 0.170 e. The Hall–Kier alpha value is -1.55. The SMILES string of the molecule is Cc1csc(CC(=O)c2ccncc2C)n1. The van der Waals surface area contributed by atoms with Crippen molar-refractivity contribution in [2.75, 3.05) is 0 Å². The molecule has 2 heterocycles. The van der Waals surface area contributed by atoms with E-state index in [9.17, 15) is 4.79 Å². The summed E-state index contributed by atoms with van der Waals surface area (Å²) in [6.07, 6.45) is 3.73. The lowest BCUT2D eigenvalue weighted by Crippen LogP contribution is -2.05. The number of hydrogen-bond donors (Lipinski definition) is 0. The molecule has 0 aromatic carbocycles. The molecule has 0 saturated carbocycles. The van der Waals surface area contributed by atoms with E-state index in [4.69, 9.17) is 0 Å². The third-order valence-electron chi connectivity index (χ3n) is 2.30. The van der Waals surface area contributed by atoms with Gasteiger partial charge < -0.3 is 0 Å². The number of Topliss-reactive ketones (excluding diaryl/α,β-unsaturated/α-hetero) is 1. The Bertz CT molecular complexity index is 519. The molecule has 0 aliphatic heterocycles. The van der Waals surface area contributed by atoms with E-state index in [0.29, 0.717) is 6.42 Å². The first kappa shape index (κ1) is 11.0. The van der Waals surface area contributed by atoms with Crippen molar-refractivity contribution in [2.24, 2.45) is 0 Å². The van der Waals surface area contributed by atoms with Crippen LogP contribution in [0.3, 0.4) is 0 Å². The van der Waals surface area contributed by atoms with Crippen LogP contribution in [0.1, 0.15) is 26.6 Å². The number of aryl methyl sites for hydroxylation is 2. The van der Waals surface area contributed by atoms with Crippen LogP contribution in [-0.2, 0) is 6.42 Å². The van der Waals surface area contributed by atoms with Crippen molar-refractivity contribution in [2.45, 2.75) is 20.3 Å². The second-order valence-electron chi connectivity index (χ2n) is 3.67. The zero-order chi connectivity index (χ0) is 11.5. The summed E-state index contributed by atoms with van der Waals surface area (Å²) in [5, 5.41) is 2.83. The fourth-order valence-electron chi connectivity index (χ4n) is 1.50. The topological polar surface area (TPSA) is 42.9 Å². The van der Waals surface area contributed by atoms with Gasteiger partial charge in [-0.3, -0.25) is 9.78 Å². The molecule has 16 heavy (non-hydrogen) atoms. The Morgan fingerprint density at radius 2 is 2.25 bits per heavy atom. The van der Waals surface area contributed by atoms with Crippen LogP contribution in [0.2, 0.25) is 0 Å². The normalized spacial score (nSPS) is 10.4. The Balaban J connectivity index is 2.18.